The normalized spacial score (nSPS) is 12.9. The van der Waals surface area contributed by atoms with Crippen LogP contribution < -0.4 is 0 Å². The molecule has 1 aromatic carbocycles. The third-order valence-corrected chi connectivity index (χ3v) is 1.97. The molecule has 1 aromatic rings. The van der Waals surface area contributed by atoms with Crippen LogP contribution in [-0.4, -0.2) is 11.2 Å². The van der Waals surface area contributed by atoms with Gasteiger partial charge < -0.3 is 5.11 Å². The minimum absolute atomic E-state index is 0.232. The van der Waals surface area contributed by atoms with Crippen molar-refractivity contribution in [3.05, 3.63) is 34.9 Å². The van der Waals surface area contributed by atoms with E-state index >= 15 is 0 Å². The van der Waals surface area contributed by atoms with Gasteiger partial charge in [0.05, 0.1) is 6.10 Å². The fraction of sp³-hybridized carbons (Fsp3) is 0.400. The number of hydrogen-bond acceptors (Lipinski definition) is 1. The van der Waals surface area contributed by atoms with Crippen molar-refractivity contribution in [1.29, 1.82) is 0 Å². The molecule has 2 heteroatoms. The van der Waals surface area contributed by atoms with Crippen molar-refractivity contribution in [2.75, 3.05) is 0 Å². The highest BCUT2D eigenvalue weighted by Crippen LogP contribution is 2.12. The van der Waals surface area contributed by atoms with Crippen LogP contribution in [0.15, 0.2) is 24.3 Å². The van der Waals surface area contributed by atoms with Gasteiger partial charge in [-0.2, -0.15) is 0 Å². The molecular formula is C10H13ClO. The summed E-state index contributed by atoms with van der Waals surface area (Å²) in [5.41, 5.74) is 1.18. The van der Waals surface area contributed by atoms with E-state index in [-0.39, 0.29) is 6.10 Å². The van der Waals surface area contributed by atoms with Crippen molar-refractivity contribution >= 4 is 11.6 Å². The Balaban J connectivity index is 2.52. The van der Waals surface area contributed by atoms with Crippen molar-refractivity contribution in [2.45, 2.75) is 25.9 Å². The SMILES string of the molecule is C[C@H](O)CCc1cccc(Cl)c1. The van der Waals surface area contributed by atoms with Gasteiger partial charge in [0, 0.05) is 5.02 Å². The average Bonchev–Trinajstić information content (AvgIpc) is 2.01. The average molecular weight is 185 g/mol. The Bertz CT molecular complexity index is 245. The highest BCUT2D eigenvalue weighted by Gasteiger charge is 1.97. The topological polar surface area (TPSA) is 20.2 Å². The van der Waals surface area contributed by atoms with E-state index in [1.165, 1.54) is 5.56 Å². The van der Waals surface area contributed by atoms with E-state index in [0.29, 0.717) is 0 Å². The molecule has 66 valence electrons. The highest BCUT2D eigenvalue weighted by molar-refractivity contribution is 6.30. The number of hydrogen-bond donors (Lipinski definition) is 1. The molecule has 1 atom stereocenters. The van der Waals surface area contributed by atoms with Crippen LogP contribution in [0.5, 0.6) is 0 Å². The smallest absolute Gasteiger partial charge is 0.0515 e. The molecule has 0 aromatic heterocycles. The molecule has 0 saturated heterocycles. The summed E-state index contributed by atoms with van der Waals surface area (Å²) >= 11 is 5.80. The Hall–Kier alpha value is -0.530. The van der Waals surface area contributed by atoms with E-state index in [1.54, 1.807) is 6.92 Å². The summed E-state index contributed by atoms with van der Waals surface area (Å²) in [5.74, 6) is 0. The van der Waals surface area contributed by atoms with Crippen LogP contribution in [0.25, 0.3) is 0 Å². The van der Waals surface area contributed by atoms with Gasteiger partial charge in [-0.15, -0.1) is 0 Å². The van der Waals surface area contributed by atoms with E-state index in [4.69, 9.17) is 16.7 Å². The molecule has 0 unspecified atom stereocenters. The number of benzene rings is 1. The van der Waals surface area contributed by atoms with Crippen LogP contribution in [0.2, 0.25) is 5.02 Å². The maximum atomic E-state index is 9.05. The van der Waals surface area contributed by atoms with E-state index in [0.717, 1.165) is 17.9 Å². The second-order valence-corrected chi connectivity index (χ2v) is 3.45. The van der Waals surface area contributed by atoms with Crippen molar-refractivity contribution in [2.24, 2.45) is 0 Å². The molecule has 0 aliphatic rings. The standard InChI is InChI=1S/C10H13ClO/c1-8(12)5-6-9-3-2-4-10(11)7-9/h2-4,7-8,12H,5-6H2,1H3/t8-/m0/s1. The maximum absolute atomic E-state index is 9.05. The van der Waals surface area contributed by atoms with Gasteiger partial charge in [0.2, 0.25) is 0 Å². The Morgan fingerprint density at radius 1 is 1.50 bits per heavy atom. The Kier molecular flexibility index (Phi) is 3.57. The largest absolute Gasteiger partial charge is 0.393 e. The number of halogens is 1. The molecule has 0 fully saturated rings. The van der Waals surface area contributed by atoms with E-state index in [9.17, 15) is 0 Å². The van der Waals surface area contributed by atoms with Crippen LogP contribution in [0.3, 0.4) is 0 Å². The molecule has 0 radical (unpaired) electrons. The van der Waals surface area contributed by atoms with Gasteiger partial charge >= 0.3 is 0 Å². The predicted molar refractivity (Wildman–Crippen MR) is 51.5 cm³/mol. The molecule has 0 aliphatic heterocycles. The fourth-order valence-corrected chi connectivity index (χ4v) is 1.28. The molecule has 1 rings (SSSR count). The molecule has 0 amide bonds. The fourth-order valence-electron chi connectivity index (χ4n) is 1.07. The summed E-state index contributed by atoms with van der Waals surface area (Å²) in [4.78, 5) is 0. The van der Waals surface area contributed by atoms with Crippen molar-refractivity contribution < 1.29 is 5.11 Å². The molecule has 0 bridgehead atoms. The van der Waals surface area contributed by atoms with Crippen LogP contribution in [0, 0.1) is 0 Å². The Morgan fingerprint density at radius 3 is 2.83 bits per heavy atom. The van der Waals surface area contributed by atoms with Gasteiger partial charge in [-0.05, 0) is 37.5 Å². The van der Waals surface area contributed by atoms with Gasteiger partial charge in [-0.3, -0.25) is 0 Å². The summed E-state index contributed by atoms with van der Waals surface area (Å²) in [7, 11) is 0. The summed E-state index contributed by atoms with van der Waals surface area (Å²) in [6.07, 6.45) is 1.45. The first-order valence-electron chi connectivity index (χ1n) is 4.11. The number of aliphatic hydroxyl groups excluding tert-OH is 1. The van der Waals surface area contributed by atoms with Crippen molar-refractivity contribution in [3.8, 4) is 0 Å². The molecule has 0 heterocycles. The van der Waals surface area contributed by atoms with Crippen LogP contribution in [0.4, 0.5) is 0 Å². The first-order valence-corrected chi connectivity index (χ1v) is 4.49. The molecule has 1 nitrogen and oxygen atoms in total. The molecule has 12 heavy (non-hydrogen) atoms. The van der Waals surface area contributed by atoms with Gasteiger partial charge in [0.1, 0.15) is 0 Å². The minimum atomic E-state index is -0.232. The summed E-state index contributed by atoms with van der Waals surface area (Å²) in [5, 5.41) is 9.81. The van der Waals surface area contributed by atoms with E-state index < -0.39 is 0 Å². The third-order valence-electron chi connectivity index (χ3n) is 1.74. The van der Waals surface area contributed by atoms with Crippen LogP contribution in [0.1, 0.15) is 18.9 Å². The van der Waals surface area contributed by atoms with E-state index in [2.05, 4.69) is 0 Å². The van der Waals surface area contributed by atoms with Gasteiger partial charge in [0.25, 0.3) is 0 Å². The summed E-state index contributed by atoms with van der Waals surface area (Å²) in [6, 6.07) is 7.74. The number of rotatable bonds is 3. The molecule has 0 saturated carbocycles. The molecule has 1 N–H and O–H groups in total. The van der Waals surface area contributed by atoms with Crippen molar-refractivity contribution in [1.82, 2.24) is 0 Å². The lowest BCUT2D eigenvalue weighted by Gasteiger charge is -2.03. The van der Waals surface area contributed by atoms with E-state index in [1.807, 2.05) is 24.3 Å². The monoisotopic (exact) mass is 184 g/mol. The van der Waals surface area contributed by atoms with Crippen LogP contribution >= 0.6 is 11.6 Å². The lowest BCUT2D eigenvalue weighted by atomic mass is 10.1. The second-order valence-electron chi connectivity index (χ2n) is 3.02. The van der Waals surface area contributed by atoms with Gasteiger partial charge in [-0.25, -0.2) is 0 Å². The quantitative estimate of drug-likeness (QED) is 0.766. The molecular weight excluding hydrogens is 172 g/mol. The molecule has 0 aliphatic carbocycles. The van der Waals surface area contributed by atoms with Crippen molar-refractivity contribution in [3.63, 3.8) is 0 Å². The zero-order chi connectivity index (χ0) is 8.97. The second kappa shape index (κ2) is 4.48. The van der Waals surface area contributed by atoms with Gasteiger partial charge in [-0.1, -0.05) is 23.7 Å². The zero-order valence-electron chi connectivity index (χ0n) is 7.13. The highest BCUT2D eigenvalue weighted by atomic mass is 35.5. The maximum Gasteiger partial charge on any atom is 0.0515 e. The number of aliphatic hydroxyl groups is 1. The zero-order valence-corrected chi connectivity index (χ0v) is 7.88. The predicted octanol–water partition coefficient (Wildman–Crippen LogP) is 2.65. The van der Waals surface area contributed by atoms with Crippen LogP contribution in [-0.2, 0) is 6.42 Å². The lowest BCUT2D eigenvalue weighted by Crippen LogP contribution is -2.01. The first-order chi connectivity index (χ1) is 5.68. The minimum Gasteiger partial charge on any atom is -0.393 e. The Labute approximate surface area is 78.0 Å². The van der Waals surface area contributed by atoms with Gasteiger partial charge in [0.15, 0.2) is 0 Å². The number of aryl methyl sites for hydroxylation is 1. The first kappa shape index (κ1) is 9.56. The summed E-state index contributed by atoms with van der Waals surface area (Å²) < 4.78 is 0. The summed E-state index contributed by atoms with van der Waals surface area (Å²) in [6.45, 7) is 1.80. The Morgan fingerprint density at radius 2 is 2.25 bits per heavy atom. The molecule has 0 spiro atoms. The lowest BCUT2D eigenvalue weighted by molar-refractivity contribution is 0.185. The third kappa shape index (κ3) is 3.24.